The van der Waals surface area contributed by atoms with Crippen LogP contribution in [-0.4, -0.2) is 56.0 Å². The van der Waals surface area contributed by atoms with Crippen LogP contribution in [0.1, 0.15) is 53.8 Å². The van der Waals surface area contributed by atoms with Gasteiger partial charge in [0.1, 0.15) is 5.82 Å². The monoisotopic (exact) mass is 440 g/mol. The molecule has 0 aromatic heterocycles. The summed E-state index contributed by atoms with van der Waals surface area (Å²) in [7, 11) is 0. The summed E-state index contributed by atoms with van der Waals surface area (Å²) in [6.07, 6.45) is 3.38. The largest absolute Gasteiger partial charge is 0.371 e. The predicted molar refractivity (Wildman–Crippen MR) is 127 cm³/mol. The zero-order chi connectivity index (χ0) is 22.9. The van der Waals surface area contributed by atoms with Crippen molar-refractivity contribution in [3.8, 4) is 0 Å². The summed E-state index contributed by atoms with van der Waals surface area (Å²) in [5, 5.41) is 5.75. The van der Waals surface area contributed by atoms with Crippen LogP contribution in [0, 0.1) is 5.82 Å². The molecule has 0 aliphatic carbocycles. The van der Waals surface area contributed by atoms with E-state index in [4.69, 9.17) is 0 Å². The molecule has 0 radical (unpaired) electrons. The van der Waals surface area contributed by atoms with Crippen molar-refractivity contribution in [2.45, 2.75) is 33.1 Å². The maximum Gasteiger partial charge on any atom is 0.258 e. The summed E-state index contributed by atoms with van der Waals surface area (Å²) >= 11 is 0. The fourth-order valence-corrected chi connectivity index (χ4v) is 4.01. The number of amides is 2. The van der Waals surface area contributed by atoms with Gasteiger partial charge >= 0.3 is 0 Å². The third-order valence-electron chi connectivity index (χ3n) is 5.92. The summed E-state index contributed by atoms with van der Waals surface area (Å²) in [4.78, 5) is 30.1. The van der Waals surface area contributed by atoms with E-state index in [0.717, 1.165) is 51.3 Å². The second kappa shape index (κ2) is 11.6. The van der Waals surface area contributed by atoms with Crippen LogP contribution in [0.4, 0.5) is 15.8 Å². The lowest BCUT2D eigenvalue weighted by molar-refractivity contribution is 0.0948. The van der Waals surface area contributed by atoms with E-state index < -0.39 is 11.7 Å². The third kappa shape index (κ3) is 6.07. The normalized spacial score (nSPS) is 13.8. The van der Waals surface area contributed by atoms with E-state index in [1.54, 1.807) is 24.3 Å². The van der Waals surface area contributed by atoms with Gasteiger partial charge in [0.2, 0.25) is 0 Å². The quantitative estimate of drug-likeness (QED) is 0.615. The molecule has 2 aromatic carbocycles. The highest BCUT2D eigenvalue weighted by molar-refractivity contribution is 6.06. The van der Waals surface area contributed by atoms with Crippen molar-refractivity contribution in [1.82, 2.24) is 10.2 Å². The second-order valence-electron chi connectivity index (χ2n) is 8.00. The van der Waals surface area contributed by atoms with Gasteiger partial charge in [0.05, 0.1) is 11.1 Å². The Labute approximate surface area is 189 Å². The van der Waals surface area contributed by atoms with Crippen molar-refractivity contribution in [3.05, 3.63) is 59.4 Å². The van der Waals surface area contributed by atoms with Gasteiger partial charge in [-0.15, -0.1) is 0 Å². The summed E-state index contributed by atoms with van der Waals surface area (Å²) in [6.45, 7) is 9.20. The number of nitrogens with one attached hydrogen (secondary N) is 2. The molecular formula is C25H33FN4O2. The Morgan fingerprint density at radius 3 is 2.38 bits per heavy atom. The van der Waals surface area contributed by atoms with Crippen LogP contribution >= 0.6 is 0 Å². The van der Waals surface area contributed by atoms with Gasteiger partial charge in [0.25, 0.3) is 11.8 Å². The summed E-state index contributed by atoms with van der Waals surface area (Å²) in [6, 6.07) is 11.2. The molecule has 6 nitrogen and oxygen atoms in total. The van der Waals surface area contributed by atoms with E-state index in [-0.39, 0.29) is 11.5 Å². The van der Waals surface area contributed by atoms with Gasteiger partial charge in [-0.3, -0.25) is 9.59 Å². The Kier molecular flexibility index (Phi) is 8.62. The van der Waals surface area contributed by atoms with Crippen LogP contribution < -0.4 is 15.5 Å². The molecule has 1 fully saturated rings. The molecule has 172 valence electrons. The van der Waals surface area contributed by atoms with Crippen LogP contribution in [0.2, 0.25) is 0 Å². The SMILES string of the molecule is CCN(CC)CCNC(=O)c1cc(NC(=O)c2ccccc2F)ccc1N1CCCCC1. The Hall–Kier alpha value is -2.93. The first-order chi connectivity index (χ1) is 15.5. The van der Waals surface area contributed by atoms with Gasteiger partial charge < -0.3 is 20.4 Å². The molecule has 0 saturated carbocycles. The number of anilines is 2. The highest BCUT2D eigenvalue weighted by atomic mass is 19.1. The van der Waals surface area contributed by atoms with Crippen molar-refractivity contribution >= 4 is 23.2 Å². The Bertz CT molecular complexity index is 924. The first-order valence-electron chi connectivity index (χ1n) is 11.5. The number of likely N-dealkylation sites (N-methyl/N-ethyl adjacent to an activating group) is 1. The molecule has 1 heterocycles. The molecule has 1 saturated heterocycles. The molecule has 1 aliphatic rings. The summed E-state index contributed by atoms with van der Waals surface area (Å²) in [5.74, 6) is -1.29. The molecule has 32 heavy (non-hydrogen) atoms. The molecule has 0 bridgehead atoms. The maximum atomic E-state index is 14.0. The van der Waals surface area contributed by atoms with Crippen LogP contribution in [0.3, 0.4) is 0 Å². The van der Waals surface area contributed by atoms with Crippen molar-refractivity contribution in [2.24, 2.45) is 0 Å². The Morgan fingerprint density at radius 2 is 1.69 bits per heavy atom. The van der Waals surface area contributed by atoms with Crippen molar-refractivity contribution in [2.75, 3.05) is 49.5 Å². The number of nitrogens with zero attached hydrogens (tertiary/aromatic N) is 2. The topological polar surface area (TPSA) is 64.7 Å². The molecule has 0 unspecified atom stereocenters. The van der Waals surface area contributed by atoms with E-state index >= 15 is 0 Å². The average Bonchev–Trinajstić information content (AvgIpc) is 2.82. The number of benzene rings is 2. The van der Waals surface area contributed by atoms with E-state index in [1.165, 1.54) is 18.6 Å². The van der Waals surface area contributed by atoms with Gasteiger partial charge in [-0.25, -0.2) is 4.39 Å². The highest BCUT2D eigenvalue weighted by Crippen LogP contribution is 2.27. The molecule has 0 spiro atoms. The van der Waals surface area contributed by atoms with Crippen LogP contribution in [0.5, 0.6) is 0 Å². The maximum absolute atomic E-state index is 14.0. The zero-order valence-corrected chi connectivity index (χ0v) is 19.0. The minimum Gasteiger partial charge on any atom is -0.371 e. The fourth-order valence-electron chi connectivity index (χ4n) is 4.01. The minimum absolute atomic E-state index is 0.0298. The number of halogens is 1. The molecule has 7 heteroatoms. The van der Waals surface area contributed by atoms with Crippen LogP contribution in [0.15, 0.2) is 42.5 Å². The molecule has 2 aromatic rings. The molecular weight excluding hydrogens is 407 g/mol. The van der Waals surface area contributed by atoms with E-state index in [2.05, 4.69) is 34.3 Å². The lowest BCUT2D eigenvalue weighted by Gasteiger charge is -2.30. The second-order valence-corrected chi connectivity index (χ2v) is 8.00. The van der Waals surface area contributed by atoms with Gasteiger partial charge in [0.15, 0.2) is 0 Å². The van der Waals surface area contributed by atoms with Gasteiger partial charge in [-0.1, -0.05) is 26.0 Å². The molecule has 2 amide bonds. The lowest BCUT2D eigenvalue weighted by Crippen LogP contribution is -2.36. The minimum atomic E-state index is -0.579. The van der Waals surface area contributed by atoms with Gasteiger partial charge in [0, 0.05) is 37.6 Å². The smallest absolute Gasteiger partial charge is 0.258 e. The lowest BCUT2D eigenvalue weighted by atomic mass is 10.1. The first kappa shape index (κ1) is 23.7. The van der Waals surface area contributed by atoms with Gasteiger partial charge in [-0.05, 0) is 62.7 Å². The van der Waals surface area contributed by atoms with E-state index in [9.17, 15) is 14.0 Å². The first-order valence-corrected chi connectivity index (χ1v) is 11.5. The molecule has 0 atom stereocenters. The Balaban J connectivity index is 1.80. The van der Waals surface area contributed by atoms with E-state index in [0.29, 0.717) is 17.8 Å². The van der Waals surface area contributed by atoms with Crippen molar-refractivity contribution < 1.29 is 14.0 Å². The number of rotatable bonds is 9. The molecule has 3 rings (SSSR count). The third-order valence-corrected chi connectivity index (χ3v) is 5.92. The highest BCUT2D eigenvalue weighted by Gasteiger charge is 2.20. The number of hydrogen-bond donors (Lipinski definition) is 2. The predicted octanol–water partition coefficient (Wildman–Crippen LogP) is 4.14. The standard InChI is InChI=1S/C25H33FN4O2/c1-3-29(4-2)17-14-27-24(31)21-18-19(12-13-23(21)30-15-8-5-9-16-30)28-25(32)20-10-6-7-11-22(20)26/h6-7,10-13,18H,3-5,8-9,14-17H2,1-2H3,(H,27,31)(H,28,32). The van der Waals surface area contributed by atoms with Crippen molar-refractivity contribution in [1.29, 1.82) is 0 Å². The zero-order valence-electron chi connectivity index (χ0n) is 19.0. The van der Waals surface area contributed by atoms with Crippen molar-refractivity contribution in [3.63, 3.8) is 0 Å². The van der Waals surface area contributed by atoms with E-state index in [1.807, 2.05) is 6.07 Å². The number of carbonyl (C=O) groups excluding carboxylic acids is 2. The van der Waals surface area contributed by atoms with Gasteiger partial charge in [-0.2, -0.15) is 0 Å². The average molecular weight is 441 g/mol. The Morgan fingerprint density at radius 1 is 0.969 bits per heavy atom. The number of hydrogen-bond acceptors (Lipinski definition) is 4. The summed E-state index contributed by atoms with van der Waals surface area (Å²) in [5.41, 5.74) is 1.83. The number of carbonyl (C=O) groups is 2. The van der Waals surface area contributed by atoms with Crippen LogP contribution in [0.25, 0.3) is 0 Å². The number of piperidine rings is 1. The van der Waals surface area contributed by atoms with Crippen LogP contribution in [-0.2, 0) is 0 Å². The fraction of sp³-hybridized carbons (Fsp3) is 0.440. The molecule has 1 aliphatic heterocycles. The summed E-state index contributed by atoms with van der Waals surface area (Å²) < 4.78 is 14.0. The molecule has 2 N–H and O–H groups in total.